The number of hydrogen-bond acceptors (Lipinski definition) is 2. The number of rotatable bonds is 3. The minimum atomic E-state index is -0.170. The summed E-state index contributed by atoms with van der Waals surface area (Å²) in [5, 5.41) is 8.35. The Bertz CT molecular complexity index is 271. The number of nitrogens with one attached hydrogen (secondary N) is 3. The highest BCUT2D eigenvalue weighted by atomic mass is 16.2. The zero-order valence-corrected chi connectivity index (χ0v) is 10.2. The van der Waals surface area contributed by atoms with E-state index in [1.54, 1.807) is 0 Å². The van der Waals surface area contributed by atoms with Gasteiger partial charge in [0.15, 0.2) is 0 Å². The fraction of sp³-hybridized carbons (Fsp3) is 0.818. The van der Waals surface area contributed by atoms with Crippen molar-refractivity contribution < 1.29 is 9.59 Å². The van der Waals surface area contributed by atoms with E-state index in [2.05, 4.69) is 36.7 Å². The van der Waals surface area contributed by atoms with Crippen molar-refractivity contribution in [3.63, 3.8) is 0 Å². The summed E-state index contributed by atoms with van der Waals surface area (Å²) in [6.07, 6.45) is 1.37. The lowest BCUT2D eigenvalue weighted by molar-refractivity contribution is -0.119. The largest absolute Gasteiger partial charge is 0.352 e. The van der Waals surface area contributed by atoms with E-state index < -0.39 is 0 Å². The minimum absolute atomic E-state index is 0.0712. The molecule has 1 unspecified atom stereocenters. The average molecular weight is 227 g/mol. The van der Waals surface area contributed by atoms with Crippen molar-refractivity contribution in [2.45, 2.75) is 39.7 Å². The zero-order chi connectivity index (χ0) is 12.2. The Labute approximate surface area is 96.4 Å². The first-order valence-electron chi connectivity index (χ1n) is 5.68. The van der Waals surface area contributed by atoms with E-state index in [1.807, 2.05) is 0 Å². The van der Waals surface area contributed by atoms with Crippen LogP contribution in [0.3, 0.4) is 0 Å². The lowest BCUT2D eigenvalue weighted by Gasteiger charge is -2.19. The van der Waals surface area contributed by atoms with E-state index in [1.165, 1.54) is 0 Å². The Balaban J connectivity index is 2.13. The predicted octanol–water partition coefficient (Wildman–Crippen LogP) is 0.610. The highest BCUT2D eigenvalue weighted by Crippen LogP contribution is 2.10. The Hall–Kier alpha value is -1.26. The third kappa shape index (κ3) is 5.00. The molecule has 0 spiro atoms. The van der Waals surface area contributed by atoms with E-state index in [0.717, 1.165) is 6.42 Å². The van der Waals surface area contributed by atoms with Crippen molar-refractivity contribution in [2.24, 2.45) is 5.41 Å². The van der Waals surface area contributed by atoms with E-state index in [9.17, 15) is 9.59 Å². The average Bonchev–Trinajstić information content (AvgIpc) is 2.57. The molecule has 3 N–H and O–H groups in total. The van der Waals surface area contributed by atoms with Crippen LogP contribution in [-0.2, 0) is 4.79 Å². The van der Waals surface area contributed by atoms with Crippen LogP contribution >= 0.6 is 0 Å². The van der Waals surface area contributed by atoms with Crippen LogP contribution in [0.5, 0.6) is 0 Å². The van der Waals surface area contributed by atoms with Crippen LogP contribution < -0.4 is 16.0 Å². The van der Waals surface area contributed by atoms with E-state index in [4.69, 9.17) is 0 Å². The maximum absolute atomic E-state index is 11.4. The molecule has 1 saturated heterocycles. The summed E-state index contributed by atoms with van der Waals surface area (Å²) in [5.74, 6) is 0.0712. The van der Waals surface area contributed by atoms with Crippen LogP contribution in [0.1, 0.15) is 33.6 Å². The predicted molar refractivity (Wildman–Crippen MR) is 62.0 cm³/mol. The monoisotopic (exact) mass is 227 g/mol. The van der Waals surface area contributed by atoms with Gasteiger partial charge in [0.25, 0.3) is 0 Å². The van der Waals surface area contributed by atoms with Crippen LogP contribution in [0.15, 0.2) is 0 Å². The molecule has 0 saturated carbocycles. The molecule has 1 atom stereocenters. The number of hydrogen-bond donors (Lipinski definition) is 3. The van der Waals surface area contributed by atoms with Gasteiger partial charge in [-0.2, -0.15) is 0 Å². The van der Waals surface area contributed by atoms with Gasteiger partial charge in [0.1, 0.15) is 0 Å². The minimum Gasteiger partial charge on any atom is -0.352 e. The third-order valence-corrected chi connectivity index (χ3v) is 2.37. The summed E-state index contributed by atoms with van der Waals surface area (Å²) in [4.78, 5) is 22.3. The van der Waals surface area contributed by atoms with Crippen molar-refractivity contribution >= 4 is 11.9 Å². The summed E-state index contributed by atoms with van der Waals surface area (Å²) in [5.41, 5.74) is 0.0823. The van der Waals surface area contributed by atoms with E-state index >= 15 is 0 Å². The van der Waals surface area contributed by atoms with Gasteiger partial charge in [-0.05, 0) is 11.8 Å². The molecular formula is C11H21N3O2. The van der Waals surface area contributed by atoms with Crippen molar-refractivity contribution in [3.8, 4) is 0 Å². The standard InChI is InChI=1S/C11H21N3O2/c1-11(2,3)7-13-10(16)12-6-8-4-5-9(15)14-8/h8H,4-7H2,1-3H3,(H,14,15)(H2,12,13,16). The van der Waals surface area contributed by atoms with Gasteiger partial charge in [-0.1, -0.05) is 20.8 Å². The second kappa shape index (κ2) is 5.18. The maximum Gasteiger partial charge on any atom is 0.314 e. The summed E-state index contributed by atoms with van der Waals surface area (Å²) >= 11 is 0. The summed E-state index contributed by atoms with van der Waals surface area (Å²) < 4.78 is 0. The Kier molecular flexibility index (Phi) is 4.15. The molecule has 0 aromatic rings. The topological polar surface area (TPSA) is 70.2 Å². The maximum atomic E-state index is 11.4. The SMILES string of the molecule is CC(C)(C)CNC(=O)NCC1CCC(=O)N1. The summed E-state index contributed by atoms with van der Waals surface area (Å²) in [7, 11) is 0. The Morgan fingerprint density at radius 2 is 2.12 bits per heavy atom. The highest BCUT2D eigenvalue weighted by Gasteiger charge is 2.21. The van der Waals surface area contributed by atoms with Crippen LogP contribution in [0.4, 0.5) is 4.79 Å². The van der Waals surface area contributed by atoms with Crippen LogP contribution in [0, 0.1) is 5.41 Å². The van der Waals surface area contributed by atoms with Crippen molar-refractivity contribution in [3.05, 3.63) is 0 Å². The molecule has 3 amide bonds. The van der Waals surface area contributed by atoms with Gasteiger partial charge in [0.05, 0.1) is 0 Å². The summed E-state index contributed by atoms with van der Waals surface area (Å²) in [6.45, 7) is 7.32. The smallest absolute Gasteiger partial charge is 0.314 e. The quantitative estimate of drug-likeness (QED) is 0.661. The van der Waals surface area contributed by atoms with Crippen molar-refractivity contribution in [2.75, 3.05) is 13.1 Å². The number of amides is 3. The van der Waals surface area contributed by atoms with Gasteiger partial charge >= 0.3 is 6.03 Å². The molecule has 0 aromatic carbocycles. The van der Waals surface area contributed by atoms with E-state index in [0.29, 0.717) is 19.5 Å². The molecule has 16 heavy (non-hydrogen) atoms. The van der Waals surface area contributed by atoms with Gasteiger partial charge in [-0.15, -0.1) is 0 Å². The van der Waals surface area contributed by atoms with Crippen molar-refractivity contribution in [1.82, 2.24) is 16.0 Å². The molecule has 1 heterocycles. The molecule has 5 nitrogen and oxygen atoms in total. The zero-order valence-electron chi connectivity index (χ0n) is 10.2. The first-order valence-corrected chi connectivity index (χ1v) is 5.68. The second-order valence-electron chi connectivity index (χ2n) is 5.43. The molecule has 0 bridgehead atoms. The fourth-order valence-corrected chi connectivity index (χ4v) is 1.45. The first kappa shape index (κ1) is 12.8. The van der Waals surface area contributed by atoms with Crippen molar-refractivity contribution in [1.29, 1.82) is 0 Å². The molecular weight excluding hydrogens is 206 g/mol. The normalized spacial score (nSPS) is 20.4. The molecule has 0 aromatic heterocycles. The summed E-state index contributed by atoms with van der Waals surface area (Å²) in [6, 6.07) is -0.0797. The van der Waals surface area contributed by atoms with Gasteiger partial charge in [0, 0.05) is 25.6 Å². The van der Waals surface area contributed by atoms with E-state index in [-0.39, 0.29) is 23.4 Å². The number of urea groups is 1. The molecule has 1 rings (SSSR count). The van der Waals surface area contributed by atoms with Gasteiger partial charge < -0.3 is 16.0 Å². The van der Waals surface area contributed by atoms with Gasteiger partial charge in [0.2, 0.25) is 5.91 Å². The highest BCUT2D eigenvalue weighted by molar-refractivity contribution is 5.79. The van der Waals surface area contributed by atoms with Crippen LogP contribution in [-0.4, -0.2) is 31.1 Å². The molecule has 0 aliphatic carbocycles. The molecule has 1 aliphatic heterocycles. The molecule has 1 fully saturated rings. The van der Waals surface area contributed by atoms with Crippen LogP contribution in [0.2, 0.25) is 0 Å². The van der Waals surface area contributed by atoms with Crippen LogP contribution in [0.25, 0.3) is 0 Å². The number of carbonyl (C=O) groups is 2. The Morgan fingerprint density at radius 3 is 2.62 bits per heavy atom. The van der Waals surface area contributed by atoms with Gasteiger partial charge in [-0.25, -0.2) is 4.79 Å². The molecule has 0 radical (unpaired) electrons. The lowest BCUT2D eigenvalue weighted by atomic mass is 9.97. The second-order valence-corrected chi connectivity index (χ2v) is 5.43. The third-order valence-electron chi connectivity index (χ3n) is 2.37. The fourth-order valence-electron chi connectivity index (χ4n) is 1.45. The first-order chi connectivity index (χ1) is 7.37. The number of carbonyl (C=O) groups excluding carboxylic acids is 2. The molecule has 1 aliphatic rings. The molecule has 5 heteroatoms. The Morgan fingerprint density at radius 1 is 1.44 bits per heavy atom. The lowest BCUT2D eigenvalue weighted by Crippen LogP contribution is -2.44. The molecule has 92 valence electrons. The van der Waals surface area contributed by atoms with Gasteiger partial charge in [-0.3, -0.25) is 4.79 Å².